The molecule has 0 aromatic heterocycles. The highest BCUT2D eigenvalue weighted by molar-refractivity contribution is 7.99. The topological polar surface area (TPSA) is 72.6 Å². The maximum absolute atomic E-state index is 12.3. The zero-order chi connectivity index (χ0) is 13.5. The van der Waals surface area contributed by atoms with Gasteiger partial charge >= 0.3 is 5.97 Å². The van der Waals surface area contributed by atoms with Crippen LogP contribution in [0.25, 0.3) is 0 Å². The van der Waals surface area contributed by atoms with Crippen molar-refractivity contribution in [1.82, 2.24) is 4.90 Å². The molecule has 0 spiro atoms. The van der Waals surface area contributed by atoms with E-state index in [1.165, 1.54) is 0 Å². The number of amides is 1. The Morgan fingerprint density at radius 1 is 1.50 bits per heavy atom. The summed E-state index contributed by atoms with van der Waals surface area (Å²) in [6, 6.07) is -0.447. The number of carbonyl (C=O) groups is 2. The molecular formula is C12H22N2O3S. The first kappa shape index (κ1) is 15.3. The Labute approximate surface area is 112 Å². The summed E-state index contributed by atoms with van der Waals surface area (Å²) in [6.07, 6.45) is 0.703. The molecule has 0 aromatic carbocycles. The smallest absolute Gasteiger partial charge is 0.329 e. The predicted octanol–water partition coefficient (Wildman–Crippen LogP) is 0.478. The Kier molecular flexibility index (Phi) is 6.49. The van der Waals surface area contributed by atoms with E-state index >= 15 is 0 Å². The summed E-state index contributed by atoms with van der Waals surface area (Å²) < 4.78 is 5.03. The molecule has 1 heterocycles. The Morgan fingerprint density at radius 3 is 2.78 bits per heavy atom. The van der Waals surface area contributed by atoms with Crippen LogP contribution in [0.15, 0.2) is 0 Å². The molecule has 104 valence electrons. The minimum absolute atomic E-state index is 0.0154. The zero-order valence-corrected chi connectivity index (χ0v) is 11.9. The van der Waals surface area contributed by atoms with E-state index in [1.54, 1.807) is 23.6 Å². The lowest BCUT2D eigenvalue weighted by atomic mass is 10.0. The summed E-state index contributed by atoms with van der Waals surface area (Å²) in [4.78, 5) is 25.8. The number of nitrogens with two attached hydrogens (primary N) is 1. The highest BCUT2D eigenvalue weighted by Gasteiger charge is 2.35. The Morgan fingerprint density at radius 2 is 2.22 bits per heavy atom. The third-order valence-electron chi connectivity index (χ3n) is 3.10. The fraction of sp³-hybridized carbons (Fsp3) is 0.833. The fourth-order valence-corrected chi connectivity index (χ4v) is 3.01. The van der Waals surface area contributed by atoms with Gasteiger partial charge in [0, 0.05) is 24.6 Å². The number of rotatable bonds is 5. The van der Waals surface area contributed by atoms with Crippen molar-refractivity contribution in [2.24, 2.45) is 11.7 Å². The maximum atomic E-state index is 12.3. The molecule has 0 aliphatic carbocycles. The Bertz CT molecular complexity index is 295. The van der Waals surface area contributed by atoms with E-state index in [-0.39, 0.29) is 17.8 Å². The van der Waals surface area contributed by atoms with Gasteiger partial charge < -0.3 is 15.4 Å². The predicted molar refractivity (Wildman–Crippen MR) is 72.3 cm³/mol. The fourth-order valence-electron chi connectivity index (χ4n) is 1.98. The second-order valence-electron chi connectivity index (χ2n) is 4.22. The van der Waals surface area contributed by atoms with Crippen LogP contribution in [-0.4, -0.2) is 54.0 Å². The van der Waals surface area contributed by atoms with E-state index in [9.17, 15) is 9.59 Å². The van der Waals surface area contributed by atoms with E-state index in [2.05, 4.69) is 0 Å². The van der Waals surface area contributed by atoms with E-state index < -0.39 is 6.04 Å². The van der Waals surface area contributed by atoms with Crippen molar-refractivity contribution in [2.45, 2.75) is 26.3 Å². The average Bonchev–Trinajstić information content (AvgIpc) is 2.40. The number of ether oxygens (including phenoxy) is 1. The van der Waals surface area contributed by atoms with Gasteiger partial charge in [0.15, 0.2) is 0 Å². The molecule has 1 fully saturated rings. The van der Waals surface area contributed by atoms with Crippen LogP contribution in [-0.2, 0) is 14.3 Å². The quantitative estimate of drug-likeness (QED) is 0.738. The number of hydrogen-bond acceptors (Lipinski definition) is 5. The molecule has 1 aliphatic heterocycles. The van der Waals surface area contributed by atoms with Crippen LogP contribution in [0.2, 0.25) is 0 Å². The second kappa shape index (κ2) is 7.63. The molecule has 1 amide bonds. The van der Waals surface area contributed by atoms with Gasteiger partial charge in [0.05, 0.1) is 12.5 Å². The van der Waals surface area contributed by atoms with Gasteiger partial charge in [0.1, 0.15) is 6.04 Å². The van der Waals surface area contributed by atoms with Crippen LogP contribution in [0.1, 0.15) is 20.3 Å². The Balaban J connectivity index is 2.75. The number of thioether (sulfide) groups is 1. The van der Waals surface area contributed by atoms with Crippen LogP contribution >= 0.6 is 11.8 Å². The van der Waals surface area contributed by atoms with E-state index in [1.807, 2.05) is 6.92 Å². The highest BCUT2D eigenvalue weighted by Crippen LogP contribution is 2.20. The standard InChI is InChI=1S/C12H22N2O3S/c1-3-9(7-13)11(15)14-5-6-18-8-10(14)12(16)17-4-2/h9-10H,3-8,13H2,1-2H3. The van der Waals surface area contributed by atoms with Gasteiger partial charge in [-0.3, -0.25) is 4.79 Å². The number of nitrogens with zero attached hydrogens (tertiary/aromatic N) is 1. The molecule has 1 rings (SSSR count). The highest BCUT2D eigenvalue weighted by atomic mass is 32.2. The van der Waals surface area contributed by atoms with Crippen LogP contribution < -0.4 is 5.73 Å². The van der Waals surface area contributed by atoms with Crippen molar-refractivity contribution >= 4 is 23.6 Å². The minimum Gasteiger partial charge on any atom is -0.464 e. The van der Waals surface area contributed by atoms with E-state index in [4.69, 9.17) is 10.5 Å². The minimum atomic E-state index is -0.447. The van der Waals surface area contributed by atoms with Gasteiger partial charge in [-0.2, -0.15) is 11.8 Å². The first-order chi connectivity index (χ1) is 8.65. The normalized spacial score (nSPS) is 21.5. The van der Waals surface area contributed by atoms with Crippen molar-refractivity contribution in [3.8, 4) is 0 Å². The average molecular weight is 274 g/mol. The van der Waals surface area contributed by atoms with Gasteiger partial charge in [-0.15, -0.1) is 0 Å². The van der Waals surface area contributed by atoms with Crippen LogP contribution in [0.5, 0.6) is 0 Å². The van der Waals surface area contributed by atoms with Gasteiger partial charge in [-0.05, 0) is 13.3 Å². The molecule has 0 bridgehead atoms. The van der Waals surface area contributed by atoms with Crippen LogP contribution in [0, 0.1) is 5.92 Å². The van der Waals surface area contributed by atoms with Crippen molar-refractivity contribution in [2.75, 3.05) is 31.2 Å². The summed E-state index contributed by atoms with van der Waals surface area (Å²) in [6.45, 7) is 4.98. The van der Waals surface area contributed by atoms with Gasteiger partial charge in [0.2, 0.25) is 5.91 Å². The number of esters is 1. The number of hydrogen-bond donors (Lipinski definition) is 1. The largest absolute Gasteiger partial charge is 0.464 e. The molecule has 2 atom stereocenters. The van der Waals surface area contributed by atoms with Gasteiger partial charge in [0.25, 0.3) is 0 Å². The molecule has 2 N–H and O–H groups in total. The molecule has 0 aromatic rings. The summed E-state index contributed by atoms with van der Waals surface area (Å²) >= 11 is 1.68. The van der Waals surface area contributed by atoms with E-state index in [0.29, 0.717) is 31.9 Å². The first-order valence-electron chi connectivity index (χ1n) is 6.40. The van der Waals surface area contributed by atoms with Gasteiger partial charge in [-0.1, -0.05) is 6.92 Å². The van der Waals surface area contributed by atoms with Gasteiger partial charge in [-0.25, -0.2) is 4.79 Å². The second-order valence-corrected chi connectivity index (χ2v) is 5.37. The van der Waals surface area contributed by atoms with Crippen LogP contribution in [0.4, 0.5) is 0 Å². The molecule has 2 unspecified atom stereocenters. The lowest BCUT2D eigenvalue weighted by Crippen LogP contribution is -2.53. The monoisotopic (exact) mass is 274 g/mol. The van der Waals surface area contributed by atoms with Crippen molar-refractivity contribution in [3.05, 3.63) is 0 Å². The summed E-state index contributed by atoms with van der Waals surface area (Å²) in [5.74, 6) is 0.974. The summed E-state index contributed by atoms with van der Waals surface area (Å²) in [7, 11) is 0. The molecule has 18 heavy (non-hydrogen) atoms. The van der Waals surface area contributed by atoms with Crippen LogP contribution in [0.3, 0.4) is 0 Å². The van der Waals surface area contributed by atoms with Crippen molar-refractivity contribution < 1.29 is 14.3 Å². The molecule has 0 radical (unpaired) electrons. The van der Waals surface area contributed by atoms with Crippen molar-refractivity contribution in [3.63, 3.8) is 0 Å². The van der Waals surface area contributed by atoms with Crippen molar-refractivity contribution in [1.29, 1.82) is 0 Å². The summed E-state index contributed by atoms with van der Waals surface area (Å²) in [5, 5.41) is 0. The lowest BCUT2D eigenvalue weighted by molar-refractivity contribution is -0.155. The molecule has 5 nitrogen and oxygen atoms in total. The maximum Gasteiger partial charge on any atom is 0.329 e. The number of carbonyl (C=O) groups excluding carboxylic acids is 2. The zero-order valence-electron chi connectivity index (χ0n) is 11.1. The molecule has 0 saturated carbocycles. The summed E-state index contributed by atoms with van der Waals surface area (Å²) in [5.41, 5.74) is 5.60. The molecular weight excluding hydrogens is 252 g/mol. The third-order valence-corrected chi connectivity index (χ3v) is 4.12. The third kappa shape index (κ3) is 3.62. The molecule has 1 aliphatic rings. The van der Waals surface area contributed by atoms with E-state index in [0.717, 1.165) is 5.75 Å². The molecule has 6 heteroatoms. The SMILES string of the molecule is CCOC(=O)C1CSCCN1C(=O)C(CC)CN. The molecule has 1 saturated heterocycles. The Hall–Kier alpha value is -0.750. The first-order valence-corrected chi connectivity index (χ1v) is 7.56. The lowest BCUT2D eigenvalue weighted by Gasteiger charge is -2.35.